The largest absolute Gasteiger partial charge is 0.507 e. The molecule has 3 nitrogen and oxygen atoms in total. The van der Waals surface area contributed by atoms with Crippen LogP contribution < -0.4 is 0 Å². The number of hydrogen-bond acceptors (Lipinski definition) is 3. The van der Waals surface area contributed by atoms with E-state index in [4.69, 9.17) is 0 Å². The number of rotatable bonds is 2. The smallest absolute Gasteiger partial charge is 0.169 e. The van der Waals surface area contributed by atoms with Gasteiger partial charge >= 0.3 is 0 Å². The summed E-state index contributed by atoms with van der Waals surface area (Å²) in [5.74, 6) is -0.345. The molecule has 2 N–H and O–H groups in total. The van der Waals surface area contributed by atoms with E-state index < -0.39 is 0 Å². The monoisotopic (exact) mass is 208 g/mol. The van der Waals surface area contributed by atoms with Crippen LogP contribution in [0.2, 0.25) is 0 Å². The first-order valence-electron chi connectivity index (χ1n) is 4.92. The van der Waals surface area contributed by atoms with Crippen molar-refractivity contribution >= 4 is 5.78 Å². The molecule has 0 aliphatic heterocycles. The number of aromatic hydroxyl groups is 2. The Bertz CT molecular complexity index is 406. The van der Waals surface area contributed by atoms with Crippen molar-refractivity contribution in [2.24, 2.45) is 5.92 Å². The fraction of sp³-hybridized carbons (Fsp3) is 0.417. The molecule has 0 radical (unpaired) electrons. The quantitative estimate of drug-likeness (QED) is 0.734. The van der Waals surface area contributed by atoms with Crippen molar-refractivity contribution in [3.8, 4) is 11.5 Å². The molecule has 1 aromatic rings. The fourth-order valence-electron chi connectivity index (χ4n) is 1.46. The minimum Gasteiger partial charge on any atom is -0.507 e. The highest BCUT2D eigenvalue weighted by atomic mass is 16.3. The Balaban J connectivity index is 3.39. The second-order valence-electron chi connectivity index (χ2n) is 4.08. The first-order chi connectivity index (χ1) is 6.86. The van der Waals surface area contributed by atoms with E-state index in [-0.39, 0.29) is 28.8 Å². The van der Waals surface area contributed by atoms with E-state index in [2.05, 4.69) is 0 Å². The van der Waals surface area contributed by atoms with Crippen molar-refractivity contribution in [2.75, 3.05) is 0 Å². The van der Waals surface area contributed by atoms with Gasteiger partial charge in [-0.25, -0.2) is 0 Å². The highest BCUT2D eigenvalue weighted by molar-refractivity contribution is 6.00. The summed E-state index contributed by atoms with van der Waals surface area (Å²) in [6.45, 7) is 6.85. The molecule has 0 spiro atoms. The topological polar surface area (TPSA) is 57.5 Å². The third kappa shape index (κ3) is 1.96. The molecule has 0 aliphatic rings. The van der Waals surface area contributed by atoms with E-state index in [0.29, 0.717) is 11.1 Å². The number of carbonyl (C=O) groups excluding carboxylic acids is 1. The summed E-state index contributed by atoms with van der Waals surface area (Å²) in [7, 11) is 0. The van der Waals surface area contributed by atoms with E-state index in [0.717, 1.165) is 0 Å². The van der Waals surface area contributed by atoms with E-state index in [1.54, 1.807) is 27.7 Å². The molecule has 0 bridgehead atoms. The zero-order valence-electron chi connectivity index (χ0n) is 9.46. The van der Waals surface area contributed by atoms with Crippen LogP contribution in [-0.2, 0) is 0 Å². The minimum atomic E-state index is -0.167. The van der Waals surface area contributed by atoms with Crippen LogP contribution in [0.15, 0.2) is 6.07 Å². The van der Waals surface area contributed by atoms with E-state index in [9.17, 15) is 15.0 Å². The second kappa shape index (κ2) is 3.93. The van der Waals surface area contributed by atoms with Crippen molar-refractivity contribution in [1.29, 1.82) is 0 Å². The van der Waals surface area contributed by atoms with Gasteiger partial charge in [-0.3, -0.25) is 4.79 Å². The van der Waals surface area contributed by atoms with Gasteiger partial charge in [0, 0.05) is 11.5 Å². The first-order valence-corrected chi connectivity index (χ1v) is 4.92. The van der Waals surface area contributed by atoms with Crippen molar-refractivity contribution in [3.63, 3.8) is 0 Å². The maximum absolute atomic E-state index is 11.7. The molecule has 0 heterocycles. The molecule has 0 aromatic heterocycles. The predicted octanol–water partition coefficient (Wildman–Crippen LogP) is 2.55. The lowest BCUT2D eigenvalue weighted by Crippen LogP contribution is -2.08. The molecule has 15 heavy (non-hydrogen) atoms. The third-order valence-corrected chi connectivity index (χ3v) is 2.49. The molecule has 0 unspecified atom stereocenters. The zero-order valence-corrected chi connectivity index (χ0v) is 9.46. The molecule has 82 valence electrons. The third-order valence-electron chi connectivity index (χ3n) is 2.49. The number of ketones is 1. The van der Waals surface area contributed by atoms with Gasteiger partial charge in [-0.15, -0.1) is 0 Å². The van der Waals surface area contributed by atoms with Crippen LogP contribution in [0.3, 0.4) is 0 Å². The lowest BCUT2D eigenvalue weighted by molar-refractivity contribution is 0.0936. The van der Waals surface area contributed by atoms with E-state index in [1.807, 2.05) is 0 Å². The Morgan fingerprint density at radius 2 is 1.73 bits per heavy atom. The van der Waals surface area contributed by atoms with E-state index in [1.165, 1.54) is 6.07 Å². The van der Waals surface area contributed by atoms with Crippen LogP contribution in [-0.4, -0.2) is 16.0 Å². The summed E-state index contributed by atoms with van der Waals surface area (Å²) in [6, 6.07) is 1.53. The number of benzene rings is 1. The molecule has 0 amide bonds. The number of phenols is 2. The van der Waals surface area contributed by atoms with Gasteiger partial charge in [0.1, 0.15) is 11.5 Å². The minimum absolute atomic E-state index is 0.0489. The molecular weight excluding hydrogens is 192 g/mol. The molecule has 0 saturated carbocycles. The Morgan fingerprint density at radius 1 is 1.20 bits per heavy atom. The second-order valence-corrected chi connectivity index (χ2v) is 4.08. The van der Waals surface area contributed by atoms with Crippen LogP contribution in [0.5, 0.6) is 11.5 Å². The molecular formula is C12H16O3. The highest BCUT2D eigenvalue weighted by Crippen LogP contribution is 2.33. The van der Waals surface area contributed by atoms with E-state index >= 15 is 0 Å². The van der Waals surface area contributed by atoms with Crippen molar-refractivity contribution in [2.45, 2.75) is 27.7 Å². The average molecular weight is 208 g/mol. The molecule has 0 saturated heterocycles. The van der Waals surface area contributed by atoms with Crippen LogP contribution >= 0.6 is 0 Å². The van der Waals surface area contributed by atoms with Crippen molar-refractivity contribution in [1.82, 2.24) is 0 Å². The van der Waals surface area contributed by atoms with Gasteiger partial charge in [-0.05, 0) is 25.5 Å². The predicted molar refractivity (Wildman–Crippen MR) is 58.4 cm³/mol. The van der Waals surface area contributed by atoms with Crippen LogP contribution in [0.25, 0.3) is 0 Å². The van der Waals surface area contributed by atoms with Gasteiger partial charge in [0.2, 0.25) is 0 Å². The van der Waals surface area contributed by atoms with Crippen molar-refractivity contribution < 1.29 is 15.0 Å². The summed E-state index contributed by atoms with van der Waals surface area (Å²) in [5.41, 5.74) is 1.26. The van der Waals surface area contributed by atoms with Gasteiger partial charge < -0.3 is 10.2 Å². The SMILES string of the molecule is Cc1cc(C(=O)C(C)C)c(O)c(C)c1O. The number of hydrogen-bond donors (Lipinski definition) is 2. The van der Waals surface area contributed by atoms with Gasteiger partial charge in [0.05, 0.1) is 5.56 Å². The summed E-state index contributed by atoms with van der Waals surface area (Å²) < 4.78 is 0. The summed E-state index contributed by atoms with van der Waals surface area (Å²) in [5, 5.41) is 19.3. The van der Waals surface area contributed by atoms with Crippen LogP contribution in [0.4, 0.5) is 0 Å². The zero-order chi connectivity index (χ0) is 11.7. The normalized spacial score (nSPS) is 10.7. The standard InChI is InChI=1S/C12H16O3/c1-6(2)10(13)9-5-7(3)11(14)8(4)12(9)15/h5-6,14-15H,1-4H3. The Morgan fingerprint density at radius 3 is 2.20 bits per heavy atom. The van der Waals surface area contributed by atoms with Gasteiger partial charge in [-0.2, -0.15) is 0 Å². The van der Waals surface area contributed by atoms with Gasteiger partial charge in [0.25, 0.3) is 0 Å². The summed E-state index contributed by atoms with van der Waals surface area (Å²) in [6.07, 6.45) is 0. The summed E-state index contributed by atoms with van der Waals surface area (Å²) in [4.78, 5) is 11.7. The Kier molecular flexibility index (Phi) is 3.03. The molecule has 0 aliphatic carbocycles. The lowest BCUT2D eigenvalue weighted by Gasteiger charge is -2.12. The highest BCUT2D eigenvalue weighted by Gasteiger charge is 2.19. The number of phenolic OH excluding ortho intramolecular Hbond substituents is 2. The van der Waals surface area contributed by atoms with Gasteiger partial charge in [-0.1, -0.05) is 13.8 Å². The van der Waals surface area contributed by atoms with Crippen LogP contribution in [0, 0.1) is 19.8 Å². The molecule has 1 aromatic carbocycles. The summed E-state index contributed by atoms with van der Waals surface area (Å²) >= 11 is 0. The Labute approximate surface area is 89.4 Å². The number of aryl methyl sites for hydroxylation is 1. The number of carbonyl (C=O) groups is 1. The molecule has 1 rings (SSSR count). The number of Topliss-reactive ketones (excluding diaryl/α,β-unsaturated/α-hetero) is 1. The lowest BCUT2D eigenvalue weighted by atomic mass is 9.95. The van der Waals surface area contributed by atoms with Crippen molar-refractivity contribution in [3.05, 3.63) is 22.8 Å². The van der Waals surface area contributed by atoms with Crippen LogP contribution in [0.1, 0.15) is 35.3 Å². The molecule has 3 heteroatoms. The molecule has 0 atom stereocenters. The Hall–Kier alpha value is -1.51. The fourth-order valence-corrected chi connectivity index (χ4v) is 1.46. The first kappa shape index (κ1) is 11.6. The molecule has 0 fully saturated rings. The maximum Gasteiger partial charge on any atom is 0.169 e. The van der Waals surface area contributed by atoms with Gasteiger partial charge in [0.15, 0.2) is 5.78 Å². The maximum atomic E-state index is 11.7. The average Bonchev–Trinajstić information content (AvgIpc) is 2.19.